The molecule has 0 aromatic heterocycles. The van der Waals surface area contributed by atoms with Crippen LogP contribution >= 0.6 is 0 Å². The van der Waals surface area contributed by atoms with E-state index in [2.05, 4.69) is 12.2 Å². The number of methoxy groups -OCH3 is 1. The minimum atomic E-state index is -0.366. The van der Waals surface area contributed by atoms with E-state index in [0.717, 1.165) is 19.3 Å². The molecule has 2 aliphatic carbocycles. The van der Waals surface area contributed by atoms with Gasteiger partial charge in [-0.25, -0.2) is 0 Å². The number of aliphatic hydroxyl groups excluding tert-OH is 1. The number of hydrogen-bond donors (Lipinski definition) is 1. The van der Waals surface area contributed by atoms with Crippen LogP contribution in [-0.4, -0.2) is 23.9 Å². The third-order valence-corrected chi connectivity index (χ3v) is 3.84. The van der Waals surface area contributed by atoms with Crippen molar-refractivity contribution in [2.45, 2.75) is 50.2 Å². The van der Waals surface area contributed by atoms with Crippen molar-refractivity contribution >= 4 is 0 Å². The Morgan fingerprint density at radius 2 is 2.07 bits per heavy atom. The summed E-state index contributed by atoms with van der Waals surface area (Å²) in [6.45, 7) is 0. The molecule has 3 atom stereocenters. The van der Waals surface area contributed by atoms with Crippen LogP contribution in [-0.2, 0) is 4.74 Å². The summed E-state index contributed by atoms with van der Waals surface area (Å²) in [6.07, 6.45) is 10.8. The quantitative estimate of drug-likeness (QED) is 0.652. The molecule has 80 valence electrons. The fraction of sp³-hybridized carbons (Fsp3) is 0.833. The molecule has 0 spiro atoms. The van der Waals surface area contributed by atoms with Crippen LogP contribution in [0.4, 0.5) is 0 Å². The van der Waals surface area contributed by atoms with Gasteiger partial charge in [-0.05, 0) is 38.0 Å². The highest BCUT2D eigenvalue weighted by molar-refractivity contribution is 5.13. The maximum atomic E-state index is 10.1. The van der Waals surface area contributed by atoms with Gasteiger partial charge < -0.3 is 9.84 Å². The van der Waals surface area contributed by atoms with Crippen molar-refractivity contribution in [3.63, 3.8) is 0 Å². The van der Waals surface area contributed by atoms with Crippen LogP contribution in [0, 0.1) is 5.92 Å². The maximum Gasteiger partial charge on any atom is 0.114 e. The second kappa shape index (κ2) is 4.03. The van der Waals surface area contributed by atoms with Crippen LogP contribution in [0.1, 0.15) is 38.5 Å². The van der Waals surface area contributed by atoms with Gasteiger partial charge in [-0.1, -0.05) is 18.6 Å². The fourth-order valence-corrected chi connectivity index (χ4v) is 3.02. The number of ether oxygens (including phenoxy) is 1. The van der Waals surface area contributed by atoms with Crippen LogP contribution < -0.4 is 0 Å². The Balaban J connectivity index is 2.28. The van der Waals surface area contributed by atoms with Gasteiger partial charge in [0.1, 0.15) is 5.60 Å². The summed E-state index contributed by atoms with van der Waals surface area (Å²) in [5.41, 5.74) is -0.366. The topological polar surface area (TPSA) is 29.5 Å². The molecule has 0 saturated heterocycles. The van der Waals surface area contributed by atoms with E-state index in [9.17, 15) is 5.11 Å². The van der Waals surface area contributed by atoms with Crippen molar-refractivity contribution in [1.29, 1.82) is 0 Å². The lowest BCUT2D eigenvalue weighted by Gasteiger charge is -2.44. The van der Waals surface area contributed by atoms with Gasteiger partial charge in [0.2, 0.25) is 0 Å². The van der Waals surface area contributed by atoms with Gasteiger partial charge in [-0.2, -0.15) is 0 Å². The molecule has 1 unspecified atom stereocenters. The Kier molecular flexibility index (Phi) is 2.93. The van der Waals surface area contributed by atoms with Crippen LogP contribution in [0.2, 0.25) is 0 Å². The molecule has 2 aliphatic rings. The van der Waals surface area contributed by atoms with Gasteiger partial charge in [-0.3, -0.25) is 0 Å². The fourth-order valence-electron chi connectivity index (χ4n) is 3.02. The molecule has 0 aromatic carbocycles. The summed E-state index contributed by atoms with van der Waals surface area (Å²) >= 11 is 0. The zero-order valence-corrected chi connectivity index (χ0v) is 8.91. The number of fused-ring (bicyclic) bond motifs is 1. The molecule has 0 heterocycles. The molecule has 0 aromatic rings. The first-order valence-corrected chi connectivity index (χ1v) is 5.70. The minimum absolute atomic E-state index is 0.305. The molecular weight excluding hydrogens is 176 g/mol. The first kappa shape index (κ1) is 10.2. The van der Waals surface area contributed by atoms with Crippen LogP contribution in [0.25, 0.3) is 0 Å². The van der Waals surface area contributed by atoms with Crippen molar-refractivity contribution in [1.82, 2.24) is 0 Å². The maximum absolute atomic E-state index is 10.1. The Morgan fingerprint density at radius 3 is 2.86 bits per heavy atom. The zero-order valence-electron chi connectivity index (χ0n) is 8.91. The second-order valence-corrected chi connectivity index (χ2v) is 4.53. The van der Waals surface area contributed by atoms with E-state index in [1.54, 1.807) is 7.11 Å². The predicted molar refractivity (Wildman–Crippen MR) is 56.1 cm³/mol. The highest BCUT2D eigenvalue weighted by Gasteiger charge is 2.45. The molecule has 2 rings (SSSR count). The van der Waals surface area contributed by atoms with E-state index in [1.807, 2.05) is 0 Å². The Bertz CT molecular complexity index is 224. The number of aliphatic hydroxyl groups is 1. The van der Waals surface area contributed by atoms with E-state index in [0.29, 0.717) is 5.92 Å². The van der Waals surface area contributed by atoms with Crippen molar-refractivity contribution in [3.8, 4) is 0 Å². The number of allylic oxidation sites excluding steroid dienone is 1. The van der Waals surface area contributed by atoms with Crippen molar-refractivity contribution in [3.05, 3.63) is 12.2 Å². The third kappa shape index (κ3) is 1.51. The SMILES string of the molecule is CO[C@]12C=CCCCC1CCC[C@H]2O. The zero-order chi connectivity index (χ0) is 10.0. The molecular formula is C12H20O2. The van der Waals surface area contributed by atoms with E-state index >= 15 is 0 Å². The summed E-state index contributed by atoms with van der Waals surface area (Å²) in [6, 6.07) is 0. The van der Waals surface area contributed by atoms with Gasteiger partial charge in [0.15, 0.2) is 0 Å². The number of rotatable bonds is 1. The first-order valence-electron chi connectivity index (χ1n) is 5.70. The Morgan fingerprint density at radius 1 is 1.29 bits per heavy atom. The van der Waals surface area contributed by atoms with E-state index in [1.165, 1.54) is 19.3 Å². The second-order valence-electron chi connectivity index (χ2n) is 4.53. The van der Waals surface area contributed by atoms with Gasteiger partial charge in [0.25, 0.3) is 0 Å². The Hall–Kier alpha value is -0.340. The van der Waals surface area contributed by atoms with Gasteiger partial charge in [-0.15, -0.1) is 0 Å². The highest BCUT2D eigenvalue weighted by Crippen LogP contribution is 2.42. The molecule has 0 aliphatic heterocycles. The monoisotopic (exact) mass is 196 g/mol. The molecule has 2 nitrogen and oxygen atoms in total. The summed E-state index contributed by atoms with van der Waals surface area (Å²) in [4.78, 5) is 0. The molecule has 0 radical (unpaired) electrons. The van der Waals surface area contributed by atoms with Crippen molar-refractivity contribution in [2.24, 2.45) is 5.92 Å². The van der Waals surface area contributed by atoms with E-state index < -0.39 is 0 Å². The molecule has 1 fully saturated rings. The number of hydrogen-bond acceptors (Lipinski definition) is 2. The molecule has 1 N–H and O–H groups in total. The van der Waals surface area contributed by atoms with Crippen LogP contribution in [0.5, 0.6) is 0 Å². The largest absolute Gasteiger partial charge is 0.390 e. The lowest BCUT2D eigenvalue weighted by molar-refractivity contribution is -0.127. The highest BCUT2D eigenvalue weighted by atomic mass is 16.5. The van der Waals surface area contributed by atoms with Crippen LogP contribution in [0.15, 0.2) is 12.2 Å². The summed E-state index contributed by atoms with van der Waals surface area (Å²) in [7, 11) is 1.73. The molecule has 14 heavy (non-hydrogen) atoms. The standard InChI is InChI=1S/C12H20O2/c1-14-12-9-4-2-3-6-10(12)7-5-8-11(12)13/h4,9-11,13H,2-3,5-8H2,1H3/t10?,11-,12-/m1/s1. The van der Waals surface area contributed by atoms with Crippen molar-refractivity contribution < 1.29 is 9.84 Å². The smallest absolute Gasteiger partial charge is 0.114 e. The van der Waals surface area contributed by atoms with Gasteiger partial charge >= 0.3 is 0 Å². The first-order chi connectivity index (χ1) is 6.79. The Labute approximate surface area is 86.0 Å². The van der Waals surface area contributed by atoms with Crippen molar-refractivity contribution in [2.75, 3.05) is 7.11 Å². The van der Waals surface area contributed by atoms with Gasteiger partial charge in [0, 0.05) is 7.11 Å². The normalized spacial score (nSPS) is 43.0. The third-order valence-electron chi connectivity index (χ3n) is 3.84. The average Bonchev–Trinajstić information content (AvgIpc) is 2.41. The summed E-state index contributed by atoms with van der Waals surface area (Å²) in [5.74, 6) is 0.523. The lowest BCUT2D eigenvalue weighted by atomic mass is 9.72. The van der Waals surface area contributed by atoms with E-state index in [4.69, 9.17) is 4.74 Å². The lowest BCUT2D eigenvalue weighted by Crippen LogP contribution is -2.51. The van der Waals surface area contributed by atoms with Gasteiger partial charge in [0.05, 0.1) is 6.10 Å². The van der Waals surface area contributed by atoms with E-state index in [-0.39, 0.29) is 11.7 Å². The minimum Gasteiger partial charge on any atom is -0.390 e. The predicted octanol–water partition coefficient (Wildman–Crippen LogP) is 2.27. The molecule has 1 saturated carbocycles. The summed E-state index contributed by atoms with van der Waals surface area (Å²) < 4.78 is 5.64. The average molecular weight is 196 g/mol. The van der Waals surface area contributed by atoms with Crippen LogP contribution in [0.3, 0.4) is 0 Å². The molecule has 0 bridgehead atoms. The molecule has 2 heteroatoms. The molecule has 0 amide bonds. The summed E-state index contributed by atoms with van der Waals surface area (Å²) in [5, 5.41) is 10.1.